The summed E-state index contributed by atoms with van der Waals surface area (Å²) in [4.78, 5) is 13.6. The van der Waals surface area contributed by atoms with E-state index in [9.17, 15) is 9.18 Å². The summed E-state index contributed by atoms with van der Waals surface area (Å²) in [6, 6.07) is 13.2. The highest BCUT2D eigenvalue weighted by Gasteiger charge is 2.05. The molecule has 0 heterocycles. The summed E-state index contributed by atoms with van der Waals surface area (Å²) >= 11 is 0. The van der Waals surface area contributed by atoms with Gasteiger partial charge in [-0.3, -0.25) is 4.79 Å². The molecule has 0 amide bonds. The number of likely N-dealkylation sites (N-methyl/N-ethyl adjacent to an activating group) is 1. The first-order chi connectivity index (χ1) is 10.0. The van der Waals surface area contributed by atoms with Gasteiger partial charge in [0.15, 0.2) is 5.78 Å². The molecular weight excluding hydrogens is 269 g/mol. The Hall–Kier alpha value is -2.20. The largest absolute Gasteiger partial charge is 0.457 e. The van der Waals surface area contributed by atoms with E-state index in [1.54, 1.807) is 12.1 Å². The summed E-state index contributed by atoms with van der Waals surface area (Å²) in [5.41, 5.74) is 0.952. The number of hydrogen-bond donors (Lipinski definition) is 0. The quantitative estimate of drug-likeness (QED) is 0.816. The van der Waals surface area contributed by atoms with Crippen molar-refractivity contribution in [1.82, 2.24) is 4.90 Å². The number of carbonyl (C=O) groups is 1. The van der Waals surface area contributed by atoms with Crippen LogP contribution in [0.15, 0.2) is 48.5 Å². The van der Waals surface area contributed by atoms with Gasteiger partial charge < -0.3 is 9.64 Å². The molecule has 0 aliphatic rings. The maximum atomic E-state index is 12.8. The van der Waals surface area contributed by atoms with E-state index < -0.39 is 0 Å². The fourth-order valence-electron chi connectivity index (χ4n) is 1.95. The highest BCUT2D eigenvalue weighted by molar-refractivity contribution is 5.82. The third-order valence-electron chi connectivity index (χ3n) is 2.87. The SMILES string of the molecule is CN(C)CC(=O)Cc1ccc(Oc2ccc(F)cc2)cc1. The Balaban J connectivity index is 1.95. The van der Waals surface area contributed by atoms with Crippen molar-refractivity contribution in [2.75, 3.05) is 20.6 Å². The smallest absolute Gasteiger partial charge is 0.151 e. The van der Waals surface area contributed by atoms with E-state index in [1.807, 2.05) is 43.3 Å². The van der Waals surface area contributed by atoms with Crippen LogP contribution in [0, 0.1) is 5.82 Å². The molecule has 0 bridgehead atoms. The topological polar surface area (TPSA) is 29.5 Å². The Morgan fingerprint density at radius 1 is 1.00 bits per heavy atom. The molecule has 21 heavy (non-hydrogen) atoms. The lowest BCUT2D eigenvalue weighted by Gasteiger charge is -2.09. The lowest BCUT2D eigenvalue weighted by atomic mass is 10.1. The maximum Gasteiger partial charge on any atom is 0.151 e. The molecule has 0 aromatic heterocycles. The Labute approximate surface area is 124 Å². The van der Waals surface area contributed by atoms with Crippen molar-refractivity contribution in [2.45, 2.75) is 6.42 Å². The number of nitrogens with zero attached hydrogens (tertiary/aromatic N) is 1. The van der Waals surface area contributed by atoms with Gasteiger partial charge in [0.1, 0.15) is 17.3 Å². The van der Waals surface area contributed by atoms with Gasteiger partial charge >= 0.3 is 0 Å². The number of benzene rings is 2. The van der Waals surface area contributed by atoms with Crippen molar-refractivity contribution in [1.29, 1.82) is 0 Å². The average Bonchev–Trinajstić information content (AvgIpc) is 2.42. The van der Waals surface area contributed by atoms with Crippen LogP contribution < -0.4 is 4.74 Å². The predicted octanol–water partition coefficient (Wildman–Crippen LogP) is 3.29. The second-order valence-corrected chi connectivity index (χ2v) is 5.15. The first kappa shape index (κ1) is 15.2. The lowest BCUT2D eigenvalue weighted by molar-refractivity contribution is -0.119. The number of carbonyl (C=O) groups excluding carboxylic acids is 1. The number of halogens is 1. The molecular formula is C17H18FNO2. The standard InChI is InChI=1S/C17H18FNO2/c1-19(2)12-15(20)11-13-3-7-16(8-4-13)21-17-9-5-14(18)6-10-17/h3-10H,11-12H2,1-2H3. The van der Waals surface area contributed by atoms with Gasteiger partial charge in [-0.1, -0.05) is 12.1 Å². The van der Waals surface area contributed by atoms with E-state index in [0.29, 0.717) is 24.5 Å². The molecule has 2 aromatic carbocycles. The van der Waals surface area contributed by atoms with E-state index in [2.05, 4.69) is 0 Å². The van der Waals surface area contributed by atoms with Crippen LogP contribution in [0.5, 0.6) is 11.5 Å². The third-order valence-corrected chi connectivity index (χ3v) is 2.87. The summed E-state index contributed by atoms with van der Waals surface area (Å²) in [7, 11) is 3.75. The molecule has 0 aliphatic heterocycles. The van der Waals surface area contributed by atoms with Crippen LogP contribution in [0.1, 0.15) is 5.56 Å². The van der Waals surface area contributed by atoms with Gasteiger partial charge in [-0.05, 0) is 56.1 Å². The fourth-order valence-corrected chi connectivity index (χ4v) is 1.95. The molecule has 0 saturated heterocycles. The molecule has 3 nitrogen and oxygen atoms in total. The molecule has 0 unspecified atom stereocenters. The third kappa shape index (κ3) is 5.00. The minimum Gasteiger partial charge on any atom is -0.457 e. The monoisotopic (exact) mass is 287 g/mol. The summed E-state index contributed by atoms with van der Waals surface area (Å²) in [5.74, 6) is 1.11. The van der Waals surface area contributed by atoms with Gasteiger partial charge in [0.2, 0.25) is 0 Å². The van der Waals surface area contributed by atoms with Gasteiger partial charge in [-0.25, -0.2) is 4.39 Å². The van der Waals surface area contributed by atoms with Crippen LogP contribution in [-0.2, 0) is 11.2 Å². The van der Waals surface area contributed by atoms with E-state index in [1.165, 1.54) is 12.1 Å². The summed E-state index contributed by atoms with van der Waals surface area (Å²) in [6.45, 7) is 0.438. The van der Waals surface area contributed by atoms with Gasteiger partial charge in [0.25, 0.3) is 0 Å². The van der Waals surface area contributed by atoms with E-state index in [-0.39, 0.29) is 11.6 Å². The van der Waals surface area contributed by atoms with Crippen molar-refractivity contribution >= 4 is 5.78 Å². The van der Waals surface area contributed by atoms with Crippen molar-refractivity contribution in [3.8, 4) is 11.5 Å². The zero-order valence-corrected chi connectivity index (χ0v) is 12.2. The Morgan fingerprint density at radius 3 is 2.05 bits per heavy atom. The Bertz CT molecular complexity index is 591. The van der Waals surface area contributed by atoms with Gasteiger partial charge in [0, 0.05) is 6.42 Å². The second kappa shape index (κ2) is 6.99. The van der Waals surface area contributed by atoms with Crippen LogP contribution in [0.4, 0.5) is 4.39 Å². The number of ether oxygens (including phenoxy) is 1. The van der Waals surface area contributed by atoms with E-state index in [4.69, 9.17) is 4.74 Å². The minimum absolute atomic E-state index is 0.173. The van der Waals surface area contributed by atoms with Crippen molar-refractivity contribution in [2.24, 2.45) is 0 Å². The predicted molar refractivity (Wildman–Crippen MR) is 80.2 cm³/mol. The molecule has 0 fully saturated rings. The first-order valence-electron chi connectivity index (χ1n) is 6.72. The summed E-state index contributed by atoms with van der Waals surface area (Å²) in [5, 5.41) is 0. The van der Waals surface area contributed by atoms with Crippen LogP contribution in [-0.4, -0.2) is 31.3 Å². The molecule has 0 atom stereocenters. The minimum atomic E-state index is -0.294. The molecule has 2 rings (SSSR count). The van der Waals surface area contributed by atoms with Crippen molar-refractivity contribution < 1.29 is 13.9 Å². The maximum absolute atomic E-state index is 12.8. The molecule has 0 spiro atoms. The fraction of sp³-hybridized carbons (Fsp3) is 0.235. The average molecular weight is 287 g/mol. The highest BCUT2D eigenvalue weighted by Crippen LogP contribution is 2.22. The number of ketones is 1. The van der Waals surface area contributed by atoms with Gasteiger partial charge in [-0.2, -0.15) is 0 Å². The zero-order valence-electron chi connectivity index (χ0n) is 12.2. The second-order valence-electron chi connectivity index (χ2n) is 5.15. The Morgan fingerprint density at radius 2 is 1.52 bits per heavy atom. The molecule has 0 radical (unpaired) electrons. The van der Waals surface area contributed by atoms with Crippen LogP contribution >= 0.6 is 0 Å². The summed E-state index contributed by atoms with van der Waals surface area (Å²) in [6.07, 6.45) is 0.412. The molecule has 110 valence electrons. The van der Waals surface area contributed by atoms with E-state index in [0.717, 1.165) is 5.56 Å². The number of Topliss-reactive ketones (excluding diaryl/α,β-unsaturated/α-hetero) is 1. The highest BCUT2D eigenvalue weighted by atomic mass is 19.1. The molecule has 0 N–H and O–H groups in total. The lowest BCUT2D eigenvalue weighted by Crippen LogP contribution is -2.22. The number of hydrogen-bond acceptors (Lipinski definition) is 3. The van der Waals surface area contributed by atoms with Crippen LogP contribution in [0.3, 0.4) is 0 Å². The molecule has 0 saturated carbocycles. The van der Waals surface area contributed by atoms with Crippen LogP contribution in [0.2, 0.25) is 0 Å². The number of rotatable bonds is 6. The Kier molecular flexibility index (Phi) is 5.06. The first-order valence-corrected chi connectivity index (χ1v) is 6.72. The zero-order chi connectivity index (χ0) is 15.2. The van der Waals surface area contributed by atoms with Crippen molar-refractivity contribution in [3.63, 3.8) is 0 Å². The van der Waals surface area contributed by atoms with Gasteiger partial charge in [0.05, 0.1) is 6.54 Å². The normalized spacial score (nSPS) is 10.7. The summed E-state index contributed by atoms with van der Waals surface area (Å²) < 4.78 is 18.4. The van der Waals surface area contributed by atoms with Gasteiger partial charge in [-0.15, -0.1) is 0 Å². The van der Waals surface area contributed by atoms with Crippen LogP contribution in [0.25, 0.3) is 0 Å². The molecule has 4 heteroatoms. The molecule has 0 aliphatic carbocycles. The van der Waals surface area contributed by atoms with E-state index >= 15 is 0 Å². The van der Waals surface area contributed by atoms with Crippen molar-refractivity contribution in [3.05, 3.63) is 59.9 Å². The molecule has 2 aromatic rings.